The maximum Gasteiger partial charge on any atom is 0.250 e. The number of hydrogen-bond acceptors (Lipinski definition) is 5. The molecule has 72 valence electrons. The lowest BCUT2D eigenvalue weighted by atomic mass is 10.1. The molecule has 4 N–H and O–H groups in total. The van der Waals surface area contributed by atoms with Gasteiger partial charge in [0.15, 0.2) is 6.10 Å². The number of nitrogens with two attached hydrogens (primary N) is 1. The van der Waals surface area contributed by atoms with E-state index in [0.717, 1.165) is 12.3 Å². The first-order valence-corrected chi connectivity index (χ1v) is 3.62. The van der Waals surface area contributed by atoms with E-state index in [1.54, 1.807) is 6.07 Å². The number of primary amides is 1. The van der Waals surface area contributed by atoms with E-state index in [2.05, 4.69) is 4.98 Å². The molecule has 0 aliphatic rings. The molecule has 0 aromatic carbocycles. The molecule has 1 aromatic heterocycles. The minimum atomic E-state index is -1.61. The maximum absolute atomic E-state index is 10.6. The molecule has 1 unspecified atom stereocenters. The molecule has 1 atom stereocenters. The number of nitriles is 1. The van der Waals surface area contributed by atoms with E-state index in [9.17, 15) is 9.90 Å². The number of aliphatic hydroxyl groups excluding tert-OH is 1. The number of aliphatic hydroxyl groups is 1. The Hall–Kier alpha value is -2.13. The average molecular weight is 193 g/mol. The number of carbonyl (C=O) groups is 1. The molecule has 1 amide bonds. The molecule has 0 bridgehead atoms. The highest BCUT2D eigenvalue weighted by molar-refractivity contribution is 5.80. The van der Waals surface area contributed by atoms with Gasteiger partial charge < -0.3 is 15.9 Å². The van der Waals surface area contributed by atoms with Crippen molar-refractivity contribution in [2.45, 2.75) is 6.10 Å². The van der Waals surface area contributed by atoms with Crippen LogP contribution in [0.5, 0.6) is 5.88 Å². The third-order valence-corrected chi connectivity index (χ3v) is 1.61. The van der Waals surface area contributed by atoms with Crippen LogP contribution in [-0.2, 0) is 4.79 Å². The van der Waals surface area contributed by atoms with E-state index in [1.165, 1.54) is 0 Å². The summed E-state index contributed by atoms with van der Waals surface area (Å²) >= 11 is 0. The third-order valence-electron chi connectivity index (χ3n) is 1.61. The van der Waals surface area contributed by atoms with E-state index in [-0.39, 0.29) is 17.0 Å². The van der Waals surface area contributed by atoms with Gasteiger partial charge in [-0.15, -0.1) is 0 Å². The highest BCUT2D eigenvalue weighted by Crippen LogP contribution is 2.19. The summed E-state index contributed by atoms with van der Waals surface area (Å²) in [6.07, 6.45) is -0.560. The van der Waals surface area contributed by atoms with Gasteiger partial charge in [-0.2, -0.15) is 5.26 Å². The zero-order valence-corrected chi connectivity index (χ0v) is 7.01. The fraction of sp³-hybridized carbons (Fsp3) is 0.125. The molecular formula is C8H7N3O3. The molecule has 6 nitrogen and oxygen atoms in total. The second kappa shape index (κ2) is 3.72. The predicted molar refractivity (Wildman–Crippen MR) is 44.8 cm³/mol. The lowest BCUT2D eigenvalue weighted by Crippen LogP contribution is -2.21. The Morgan fingerprint density at radius 3 is 2.86 bits per heavy atom. The van der Waals surface area contributed by atoms with Crippen LogP contribution in [-0.4, -0.2) is 21.1 Å². The maximum atomic E-state index is 10.6. The zero-order valence-electron chi connectivity index (χ0n) is 7.01. The van der Waals surface area contributed by atoms with Crippen molar-refractivity contribution < 1.29 is 15.0 Å². The van der Waals surface area contributed by atoms with Crippen molar-refractivity contribution in [3.63, 3.8) is 0 Å². The molecule has 1 rings (SSSR count). The summed E-state index contributed by atoms with van der Waals surface area (Å²) in [5.74, 6) is -1.38. The quantitative estimate of drug-likeness (QED) is 0.566. The molecule has 0 saturated heterocycles. The predicted octanol–water partition coefficient (Wildman–Crippen LogP) is -0.822. The van der Waals surface area contributed by atoms with Gasteiger partial charge in [-0.05, 0) is 0 Å². The van der Waals surface area contributed by atoms with E-state index >= 15 is 0 Å². The van der Waals surface area contributed by atoms with Crippen LogP contribution in [0, 0.1) is 11.3 Å². The Labute approximate surface area is 79.2 Å². The minimum absolute atomic E-state index is 0.00546. The van der Waals surface area contributed by atoms with Gasteiger partial charge >= 0.3 is 0 Å². The monoisotopic (exact) mass is 193 g/mol. The first kappa shape index (κ1) is 9.95. The van der Waals surface area contributed by atoms with Gasteiger partial charge in [-0.1, -0.05) is 0 Å². The van der Waals surface area contributed by atoms with Gasteiger partial charge in [0.25, 0.3) is 5.91 Å². The van der Waals surface area contributed by atoms with E-state index < -0.39 is 12.0 Å². The Morgan fingerprint density at radius 2 is 2.36 bits per heavy atom. The Bertz CT molecular complexity index is 411. The summed E-state index contributed by atoms with van der Waals surface area (Å²) in [5, 5.41) is 26.9. The van der Waals surface area contributed by atoms with Crippen LogP contribution in [0.4, 0.5) is 0 Å². The fourth-order valence-electron chi connectivity index (χ4n) is 0.932. The van der Waals surface area contributed by atoms with Crippen LogP contribution < -0.4 is 5.73 Å². The van der Waals surface area contributed by atoms with Crippen molar-refractivity contribution in [2.75, 3.05) is 0 Å². The number of nitrogens with zero attached hydrogens (tertiary/aromatic N) is 2. The molecule has 0 aliphatic heterocycles. The number of hydrogen-bond donors (Lipinski definition) is 3. The SMILES string of the molecule is N#Cc1cnc(O)cc1C(O)C(N)=O. The van der Waals surface area contributed by atoms with Gasteiger partial charge in [0.2, 0.25) is 5.88 Å². The van der Waals surface area contributed by atoms with Crippen molar-refractivity contribution in [1.82, 2.24) is 4.98 Å². The van der Waals surface area contributed by atoms with Crippen LogP contribution in [0.25, 0.3) is 0 Å². The van der Waals surface area contributed by atoms with Gasteiger partial charge in [0.1, 0.15) is 6.07 Å². The van der Waals surface area contributed by atoms with Crippen LogP contribution in [0.1, 0.15) is 17.2 Å². The fourth-order valence-corrected chi connectivity index (χ4v) is 0.932. The summed E-state index contributed by atoms with van der Waals surface area (Å²) < 4.78 is 0. The van der Waals surface area contributed by atoms with E-state index in [0.29, 0.717) is 0 Å². The lowest BCUT2D eigenvalue weighted by Gasteiger charge is -2.07. The molecule has 0 spiro atoms. The molecule has 1 aromatic rings. The van der Waals surface area contributed by atoms with Crippen molar-refractivity contribution >= 4 is 5.91 Å². The standard InChI is InChI=1S/C8H7N3O3/c9-2-4-3-11-6(12)1-5(4)7(13)8(10)14/h1,3,7,13H,(H2,10,14)(H,11,12). The second-order valence-electron chi connectivity index (χ2n) is 2.55. The van der Waals surface area contributed by atoms with Crippen molar-refractivity contribution in [2.24, 2.45) is 5.73 Å². The minimum Gasteiger partial charge on any atom is -0.493 e. The molecule has 0 aliphatic carbocycles. The normalized spacial score (nSPS) is 11.7. The number of aromatic hydroxyl groups is 1. The first-order chi connectivity index (χ1) is 6.56. The molecular weight excluding hydrogens is 186 g/mol. The number of aromatic nitrogens is 1. The summed E-state index contributed by atoms with van der Waals surface area (Å²) in [7, 11) is 0. The Morgan fingerprint density at radius 1 is 1.71 bits per heavy atom. The molecule has 0 fully saturated rings. The topological polar surface area (TPSA) is 120 Å². The third kappa shape index (κ3) is 1.78. The summed E-state index contributed by atoms with van der Waals surface area (Å²) in [6.45, 7) is 0. The smallest absolute Gasteiger partial charge is 0.250 e. The highest BCUT2D eigenvalue weighted by atomic mass is 16.3. The Kier molecular flexibility index (Phi) is 2.65. The molecule has 6 heteroatoms. The van der Waals surface area contributed by atoms with Crippen molar-refractivity contribution in [3.8, 4) is 11.9 Å². The van der Waals surface area contributed by atoms with Crippen LogP contribution in [0.15, 0.2) is 12.3 Å². The molecule has 0 radical (unpaired) electrons. The summed E-state index contributed by atoms with van der Waals surface area (Å²) in [4.78, 5) is 14.1. The number of rotatable bonds is 2. The van der Waals surface area contributed by atoms with Crippen LogP contribution in [0.3, 0.4) is 0 Å². The molecule has 1 heterocycles. The highest BCUT2D eigenvalue weighted by Gasteiger charge is 2.18. The average Bonchev–Trinajstić information content (AvgIpc) is 2.16. The lowest BCUT2D eigenvalue weighted by molar-refractivity contribution is -0.126. The number of amides is 1. The number of pyridine rings is 1. The van der Waals surface area contributed by atoms with Crippen LogP contribution in [0.2, 0.25) is 0 Å². The van der Waals surface area contributed by atoms with Crippen molar-refractivity contribution in [1.29, 1.82) is 5.26 Å². The largest absolute Gasteiger partial charge is 0.493 e. The first-order valence-electron chi connectivity index (χ1n) is 3.62. The van der Waals surface area contributed by atoms with Gasteiger partial charge in [-0.3, -0.25) is 4.79 Å². The zero-order chi connectivity index (χ0) is 10.7. The Balaban J connectivity index is 3.25. The van der Waals surface area contributed by atoms with Gasteiger partial charge in [0, 0.05) is 17.8 Å². The summed E-state index contributed by atoms with van der Waals surface area (Å²) in [5.41, 5.74) is 4.79. The van der Waals surface area contributed by atoms with Gasteiger partial charge in [0.05, 0.1) is 5.56 Å². The molecule has 0 saturated carbocycles. The molecule has 14 heavy (non-hydrogen) atoms. The van der Waals surface area contributed by atoms with E-state index in [1.807, 2.05) is 0 Å². The van der Waals surface area contributed by atoms with Gasteiger partial charge in [-0.25, -0.2) is 4.98 Å². The number of carbonyl (C=O) groups excluding carboxylic acids is 1. The van der Waals surface area contributed by atoms with Crippen LogP contribution >= 0.6 is 0 Å². The second-order valence-corrected chi connectivity index (χ2v) is 2.55. The van der Waals surface area contributed by atoms with Crippen molar-refractivity contribution in [3.05, 3.63) is 23.4 Å². The summed E-state index contributed by atoms with van der Waals surface area (Å²) in [6, 6.07) is 2.74. The van der Waals surface area contributed by atoms with E-state index in [4.69, 9.17) is 16.1 Å².